The van der Waals surface area contributed by atoms with Crippen LogP contribution >= 0.6 is 0 Å². The van der Waals surface area contributed by atoms with Crippen LogP contribution in [0.4, 0.5) is 4.39 Å². The number of benzene rings is 1. The number of hydrogen-bond donors (Lipinski definition) is 0. The minimum atomic E-state index is -0.470. The first-order chi connectivity index (χ1) is 12.7. The molecule has 0 saturated carbocycles. The van der Waals surface area contributed by atoms with Gasteiger partial charge in [0.1, 0.15) is 5.82 Å². The van der Waals surface area contributed by atoms with Gasteiger partial charge in [-0.25, -0.2) is 4.39 Å². The number of rotatable bonds is 8. The summed E-state index contributed by atoms with van der Waals surface area (Å²) in [5.74, 6) is 1.70. The van der Waals surface area contributed by atoms with Gasteiger partial charge in [0.25, 0.3) is 0 Å². The fraction of sp³-hybridized carbons (Fsp3) is 0.739. The van der Waals surface area contributed by atoms with Crippen molar-refractivity contribution in [3.63, 3.8) is 0 Å². The van der Waals surface area contributed by atoms with Crippen LogP contribution < -0.4 is 0 Å². The van der Waals surface area contributed by atoms with Crippen LogP contribution in [0.2, 0.25) is 36.3 Å². The molecule has 0 radical (unpaired) electrons. The Morgan fingerprint density at radius 1 is 0.846 bits per heavy atom. The van der Waals surface area contributed by atoms with E-state index in [0.717, 1.165) is 5.92 Å². The average molecular weight is 391 g/mol. The molecule has 2 aliphatic heterocycles. The Labute approximate surface area is 164 Å². The van der Waals surface area contributed by atoms with Crippen LogP contribution in [0.25, 0.3) is 0 Å². The molecule has 0 amide bonds. The molecule has 0 atom stereocenters. The molecule has 1 aromatic carbocycles. The highest BCUT2D eigenvalue weighted by Crippen LogP contribution is 2.37. The van der Waals surface area contributed by atoms with E-state index in [0.29, 0.717) is 5.92 Å². The maximum absolute atomic E-state index is 13.1. The number of hydrogen-bond acceptors (Lipinski definition) is 0. The van der Waals surface area contributed by atoms with Gasteiger partial charge in [-0.2, -0.15) is 0 Å². The number of halogens is 1. The molecule has 2 aliphatic rings. The fourth-order valence-electron chi connectivity index (χ4n) is 5.48. The predicted octanol–water partition coefficient (Wildman–Crippen LogP) is 7.15. The topological polar surface area (TPSA) is 0 Å². The van der Waals surface area contributed by atoms with Crippen LogP contribution in [0, 0.1) is 11.7 Å². The lowest BCUT2D eigenvalue weighted by molar-refractivity contribution is 0.452. The molecule has 0 N–H and O–H groups in total. The van der Waals surface area contributed by atoms with E-state index in [9.17, 15) is 4.39 Å². The largest absolute Gasteiger partial charge is 0.207 e. The van der Waals surface area contributed by atoms with Crippen LogP contribution in [-0.2, 0) is 0 Å². The highest BCUT2D eigenvalue weighted by atomic mass is 28.3. The van der Waals surface area contributed by atoms with Crippen molar-refractivity contribution in [3.8, 4) is 0 Å². The SMILES string of the molecule is CCCCC[SiH]1CCC(CC[SiH]2CCC(c3ccc(F)cc3)CC2)CC1. The molecule has 2 heterocycles. The predicted molar refractivity (Wildman–Crippen MR) is 118 cm³/mol. The smallest absolute Gasteiger partial charge is 0.123 e. The molecular weight excluding hydrogens is 351 g/mol. The molecule has 0 spiro atoms. The van der Waals surface area contributed by atoms with E-state index in [4.69, 9.17) is 0 Å². The Morgan fingerprint density at radius 3 is 2.12 bits per heavy atom. The van der Waals surface area contributed by atoms with Crippen molar-refractivity contribution in [2.24, 2.45) is 5.92 Å². The van der Waals surface area contributed by atoms with Crippen molar-refractivity contribution in [1.82, 2.24) is 0 Å². The second-order valence-electron chi connectivity index (χ2n) is 9.23. The van der Waals surface area contributed by atoms with E-state index < -0.39 is 8.80 Å². The minimum absolute atomic E-state index is 0.0973. The van der Waals surface area contributed by atoms with E-state index in [-0.39, 0.29) is 14.6 Å². The van der Waals surface area contributed by atoms with Crippen molar-refractivity contribution in [2.75, 3.05) is 0 Å². The van der Waals surface area contributed by atoms with Gasteiger partial charge >= 0.3 is 0 Å². The van der Waals surface area contributed by atoms with E-state index in [2.05, 4.69) is 6.92 Å². The molecule has 0 unspecified atom stereocenters. The van der Waals surface area contributed by atoms with E-state index in [1.807, 2.05) is 12.1 Å². The highest BCUT2D eigenvalue weighted by Gasteiger charge is 2.26. The summed E-state index contributed by atoms with van der Waals surface area (Å²) in [6.07, 6.45) is 11.9. The van der Waals surface area contributed by atoms with E-state index >= 15 is 0 Å². The summed E-state index contributed by atoms with van der Waals surface area (Å²) in [5, 5.41) is 0. The summed E-state index contributed by atoms with van der Waals surface area (Å²) in [6.45, 7) is 2.33. The lowest BCUT2D eigenvalue weighted by atomic mass is 9.93. The van der Waals surface area contributed by atoms with Gasteiger partial charge in [0.05, 0.1) is 0 Å². The molecule has 0 nitrogen and oxygen atoms in total. The summed E-state index contributed by atoms with van der Waals surface area (Å²) in [6, 6.07) is 17.0. The molecule has 3 heteroatoms. The first-order valence-corrected chi connectivity index (χ1v) is 16.4. The molecule has 0 aliphatic carbocycles. The standard InChI is InChI=1S/C23H39FSi2/c1-2-3-4-14-25-15-9-20(10-16-25)11-17-26-18-12-22(13-19-26)21-5-7-23(24)8-6-21/h5-8,20,22,25-26H,2-4,9-19H2,1H3. The van der Waals surface area contributed by atoms with Crippen molar-refractivity contribution in [2.45, 2.75) is 100 Å². The molecule has 2 saturated heterocycles. The Hall–Kier alpha value is -0.416. The summed E-state index contributed by atoms with van der Waals surface area (Å²) in [7, 11) is -0.788. The Balaban J connectivity index is 1.30. The lowest BCUT2D eigenvalue weighted by Gasteiger charge is -2.31. The normalized spacial score (nSPS) is 29.6. The lowest BCUT2D eigenvalue weighted by Crippen LogP contribution is -2.24. The second-order valence-corrected chi connectivity index (χ2v) is 16.2. The summed E-state index contributed by atoms with van der Waals surface area (Å²) in [5.41, 5.74) is 1.38. The van der Waals surface area contributed by atoms with Crippen molar-refractivity contribution >= 4 is 17.6 Å². The minimum Gasteiger partial charge on any atom is -0.207 e. The van der Waals surface area contributed by atoms with Crippen molar-refractivity contribution in [1.29, 1.82) is 0 Å². The van der Waals surface area contributed by atoms with Gasteiger partial charge in [-0.1, -0.05) is 93.8 Å². The van der Waals surface area contributed by atoms with Gasteiger partial charge in [-0.15, -0.1) is 0 Å². The van der Waals surface area contributed by atoms with Crippen LogP contribution in [0.15, 0.2) is 24.3 Å². The Morgan fingerprint density at radius 2 is 1.46 bits per heavy atom. The summed E-state index contributed by atoms with van der Waals surface area (Å²) in [4.78, 5) is 0. The fourth-order valence-corrected chi connectivity index (χ4v) is 12.7. The molecule has 2 fully saturated rings. The molecular formula is C23H39FSi2. The molecule has 26 heavy (non-hydrogen) atoms. The van der Waals surface area contributed by atoms with Crippen LogP contribution in [0.1, 0.15) is 69.8 Å². The van der Waals surface area contributed by atoms with Gasteiger partial charge in [0, 0.05) is 17.6 Å². The monoisotopic (exact) mass is 390 g/mol. The third kappa shape index (κ3) is 6.33. The van der Waals surface area contributed by atoms with Crippen molar-refractivity contribution < 1.29 is 4.39 Å². The molecule has 0 aromatic heterocycles. The van der Waals surface area contributed by atoms with E-state index in [1.54, 1.807) is 55.6 Å². The van der Waals surface area contributed by atoms with Gasteiger partial charge < -0.3 is 0 Å². The Bertz CT molecular complexity index is 499. The molecule has 146 valence electrons. The average Bonchev–Trinajstić information content (AvgIpc) is 2.69. The molecule has 3 rings (SSSR count). The first-order valence-electron chi connectivity index (χ1n) is 11.5. The highest BCUT2D eigenvalue weighted by molar-refractivity contribution is 6.59. The van der Waals surface area contributed by atoms with Gasteiger partial charge in [0.15, 0.2) is 0 Å². The number of unbranched alkanes of at least 4 members (excludes halogenated alkanes) is 2. The molecule has 0 bridgehead atoms. The van der Waals surface area contributed by atoms with Gasteiger partial charge in [-0.05, 0) is 42.4 Å². The third-order valence-electron chi connectivity index (χ3n) is 7.35. The van der Waals surface area contributed by atoms with Crippen LogP contribution in [0.3, 0.4) is 0 Å². The molecule has 1 aromatic rings. The quantitative estimate of drug-likeness (QED) is 0.326. The zero-order chi connectivity index (χ0) is 18.2. The maximum atomic E-state index is 13.1. The van der Waals surface area contributed by atoms with Crippen LogP contribution in [0.5, 0.6) is 0 Å². The first kappa shape index (κ1) is 20.3. The maximum Gasteiger partial charge on any atom is 0.123 e. The van der Waals surface area contributed by atoms with Crippen LogP contribution in [-0.4, -0.2) is 17.6 Å². The summed E-state index contributed by atoms with van der Waals surface area (Å²) >= 11 is 0. The zero-order valence-corrected chi connectivity index (χ0v) is 19.2. The van der Waals surface area contributed by atoms with Gasteiger partial charge in [0.2, 0.25) is 0 Å². The zero-order valence-electron chi connectivity index (χ0n) is 16.9. The van der Waals surface area contributed by atoms with E-state index in [1.165, 1.54) is 49.8 Å². The Kier molecular flexibility index (Phi) is 8.44. The van der Waals surface area contributed by atoms with Crippen molar-refractivity contribution in [3.05, 3.63) is 35.6 Å². The van der Waals surface area contributed by atoms with Gasteiger partial charge in [-0.3, -0.25) is 0 Å². The second kappa shape index (κ2) is 10.8. The summed E-state index contributed by atoms with van der Waals surface area (Å²) < 4.78 is 13.1. The third-order valence-corrected chi connectivity index (χ3v) is 14.3.